The molecule has 0 spiro atoms. The Labute approximate surface area is 156 Å². The molecule has 0 atom stereocenters. The SMILES string of the molecule is CN=C(NCCC(=O)Nc1cc(Br)ccc1C)NCc1ccccn1. The van der Waals surface area contributed by atoms with Crippen molar-refractivity contribution >= 4 is 33.5 Å². The second-order valence-electron chi connectivity index (χ2n) is 5.43. The molecule has 3 N–H and O–H groups in total. The maximum Gasteiger partial charge on any atom is 0.226 e. The first-order valence-electron chi connectivity index (χ1n) is 7.99. The number of hydrogen-bond acceptors (Lipinski definition) is 3. The molecule has 2 aromatic rings. The molecule has 0 saturated heterocycles. The monoisotopic (exact) mass is 403 g/mol. The summed E-state index contributed by atoms with van der Waals surface area (Å²) in [7, 11) is 1.69. The average molecular weight is 404 g/mol. The van der Waals surface area contributed by atoms with Gasteiger partial charge in [0, 0.05) is 36.4 Å². The number of aryl methyl sites for hydroxylation is 1. The summed E-state index contributed by atoms with van der Waals surface area (Å²) in [6, 6.07) is 11.6. The molecule has 7 heteroatoms. The molecule has 0 bridgehead atoms. The maximum atomic E-state index is 12.1. The van der Waals surface area contributed by atoms with Crippen LogP contribution in [0.15, 0.2) is 52.1 Å². The van der Waals surface area contributed by atoms with Gasteiger partial charge in [0.15, 0.2) is 5.96 Å². The maximum absolute atomic E-state index is 12.1. The number of nitrogens with zero attached hydrogens (tertiary/aromatic N) is 2. The number of aromatic nitrogens is 1. The molecule has 0 aliphatic heterocycles. The van der Waals surface area contributed by atoms with Crippen LogP contribution in [-0.4, -0.2) is 30.4 Å². The number of carbonyl (C=O) groups is 1. The normalized spacial score (nSPS) is 11.1. The number of amides is 1. The molecule has 0 saturated carbocycles. The van der Waals surface area contributed by atoms with E-state index in [1.165, 1.54) is 0 Å². The van der Waals surface area contributed by atoms with Gasteiger partial charge in [0.25, 0.3) is 0 Å². The average Bonchev–Trinajstić information content (AvgIpc) is 2.62. The molecule has 1 heterocycles. The zero-order valence-electron chi connectivity index (χ0n) is 14.3. The number of pyridine rings is 1. The van der Waals surface area contributed by atoms with Gasteiger partial charge in [-0.25, -0.2) is 0 Å². The van der Waals surface area contributed by atoms with E-state index in [1.807, 2.05) is 43.3 Å². The first-order valence-corrected chi connectivity index (χ1v) is 8.78. The summed E-state index contributed by atoms with van der Waals surface area (Å²) in [4.78, 5) is 20.5. The molecular formula is C18H22BrN5O. The van der Waals surface area contributed by atoms with Crippen molar-refractivity contribution in [2.75, 3.05) is 18.9 Å². The van der Waals surface area contributed by atoms with Gasteiger partial charge in [0.05, 0.1) is 12.2 Å². The van der Waals surface area contributed by atoms with Crippen molar-refractivity contribution in [3.63, 3.8) is 0 Å². The number of anilines is 1. The lowest BCUT2D eigenvalue weighted by Gasteiger charge is -2.12. The summed E-state index contributed by atoms with van der Waals surface area (Å²) in [6.45, 7) is 3.02. The highest BCUT2D eigenvalue weighted by molar-refractivity contribution is 9.10. The Bertz CT molecular complexity index is 734. The lowest BCUT2D eigenvalue weighted by Crippen LogP contribution is -2.38. The Morgan fingerprint density at radius 2 is 2.08 bits per heavy atom. The molecule has 0 radical (unpaired) electrons. The third kappa shape index (κ3) is 6.54. The molecule has 132 valence electrons. The van der Waals surface area contributed by atoms with Gasteiger partial charge in [-0.05, 0) is 36.8 Å². The first-order chi connectivity index (χ1) is 12.1. The highest BCUT2D eigenvalue weighted by Gasteiger charge is 2.06. The van der Waals surface area contributed by atoms with Crippen LogP contribution >= 0.6 is 15.9 Å². The number of rotatable bonds is 6. The van der Waals surface area contributed by atoms with Crippen LogP contribution in [0.1, 0.15) is 17.7 Å². The second kappa shape index (κ2) is 9.78. The van der Waals surface area contributed by atoms with Crippen molar-refractivity contribution in [2.45, 2.75) is 19.9 Å². The molecule has 0 fully saturated rings. The van der Waals surface area contributed by atoms with E-state index in [0.29, 0.717) is 25.5 Å². The highest BCUT2D eigenvalue weighted by atomic mass is 79.9. The molecular weight excluding hydrogens is 382 g/mol. The van der Waals surface area contributed by atoms with Crippen LogP contribution in [0.3, 0.4) is 0 Å². The minimum absolute atomic E-state index is 0.0473. The van der Waals surface area contributed by atoms with Gasteiger partial charge in [0.1, 0.15) is 0 Å². The highest BCUT2D eigenvalue weighted by Crippen LogP contribution is 2.20. The van der Waals surface area contributed by atoms with E-state index in [0.717, 1.165) is 21.4 Å². The zero-order chi connectivity index (χ0) is 18.1. The van der Waals surface area contributed by atoms with Gasteiger partial charge in [-0.15, -0.1) is 0 Å². The van der Waals surface area contributed by atoms with E-state index in [9.17, 15) is 4.79 Å². The minimum Gasteiger partial charge on any atom is -0.356 e. The summed E-state index contributed by atoms with van der Waals surface area (Å²) in [5, 5.41) is 9.21. The van der Waals surface area contributed by atoms with Gasteiger partial charge >= 0.3 is 0 Å². The van der Waals surface area contributed by atoms with E-state index >= 15 is 0 Å². The Kier molecular flexibility index (Phi) is 7.40. The van der Waals surface area contributed by atoms with Gasteiger partial charge in [-0.3, -0.25) is 14.8 Å². The van der Waals surface area contributed by atoms with E-state index in [1.54, 1.807) is 13.2 Å². The molecule has 0 aliphatic rings. The van der Waals surface area contributed by atoms with Crippen molar-refractivity contribution in [2.24, 2.45) is 4.99 Å². The van der Waals surface area contributed by atoms with Crippen molar-refractivity contribution in [1.29, 1.82) is 0 Å². The molecule has 25 heavy (non-hydrogen) atoms. The van der Waals surface area contributed by atoms with E-state index in [4.69, 9.17) is 0 Å². The number of guanidine groups is 1. The lowest BCUT2D eigenvalue weighted by molar-refractivity contribution is -0.116. The number of hydrogen-bond donors (Lipinski definition) is 3. The van der Waals surface area contributed by atoms with Gasteiger partial charge in [-0.1, -0.05) is 28.1 Å². The quantitative estimate of drug-likeness (QED) is 0.511. The summed E-state index contributed by atoms with van der Waals surface area (Å²) in [5.41, 5.74) is 2.77. The summed E-state index contributed by atoms with van der Waals surface area (Å²) >= 11 is 3.41. The summed E-state index contributed by atoms with van der Waals surface area (Å²) in [6.07, 6.45) is 2.09. The van der Waals surface area contributed by atoms with Gasteiger partial charge in [-0.2, -0.15) is 0 Å². The number of nitrogens with one attached hydrogen (secondary N) is 3. The number of halogens is 1. The van der Waals surface area contributed by atoms with Crippen LogP contribution in [-0.2, 0) is 11.3 Å². The Balaban J connectivity index is 1.74. The number of aliphatic imine (C=N–C) groups is 1. The van der Waals surface area contributed by atoms with E-state index in [2.05, 4.69) is 41.9 Å². The molecule has 1 amide bonds. The Morgan fingerprint density at radius 1 is 1.24 bits per heavy atom. The van der Waals surface area contributed by atoms with Crippen LogP contribution in [0.2, 0.25) is 0 Å². The van der Waals surface area contributed by atoms with E-state index in [-0.39, 0.29) is 5.91 Å². The van der Waals surface area contributed by atoms with Crippen molar-refractivity contribution in [3.8, 4) is 0 Å². The van der Waals surface area contributed by atoms with E-state index < -0.39 is 0 Å². The fraction of sp³-hybridized carbons (Fsp3) is 0.278. The molecule has 0 aliphatic carbocycles. The predicted octanol–water partition coefficient (Wildman–Crippen LogP) is 2.85. The minimum atomic E-state index is -0.0473. The molecule has 0 unspecified atom stereocenters. The van der Waals surface area contributed by atoms with Crippen LogP contribution in [0.25, 0.3) is 0 Å². The van der Waals surface area contributed by atoms with Crippen LogP contribution < -0.4 is 16.0 Å². The summed E-state index contributed by atoms with van der Waals surface area (Å²) < 4.78 is 0.936. The van der Waals surface area contributed by atoms with Gasteiger partial charge in [0.2, 0.25) is 5.91 Å². The number of carbonyl (C=O) groups excluding carboxylic acids is 1. The zero-order valence-corrected chi connectivity index (χ0v) is 15.9. The second-order valence-corrected chi connectivity index (χ2v) is 6.35. The fourth-order valence-electron chi connectivity index (χ4n) is 2.13. The first kappa shape index (κ1) is 18.9. The summed E-state index contributed by atoms with van der Waals surface area (Å²) in [5.74, 6) is 0.589. The fourth-order valence-corrected chi connectivity index (χ4v) is 2.49. The molecule has 2 rings (SSSR count). The Morgan fingerprint density at radius 3 is 2.80 bits per heavy atom. The lowest BCUT2D eigenvalue weighted by atomic mass is 10.2. The molecule has 6 nitrogen and oxygen atoms in total. The van der Waals surface area contributed by atoms with Crippen LogP contribution in [0.5, 0.6) is 0 Å². The molecule has 1 aromatic carbocycles. The third-order valence-electron chi connectivity index (χ3n) is 3.50. The van der Waals surface area contributed by atoms with Crippen molar-refractivity contribution < 1.29 is 4.79 Å². The largest absolute Gasteiger partial charge is 0.356 e. The van der Waals surface area contributed by atoms with Crippen LogP contribution in [0, 0.1) is 6.92 Å². The van der Waals surface area contributed by atoms with Gasteiger partial charge < -0.3 is 16.0 Å². The topological polar surface area (TPSA) is 78.4 Å². The standard InChI is InChI=1S/C18H22BrN5O/c1-13-6-7-14(19)11-16(13)24-17(25)8-10-22-18(20-2)23-12-15-5-3-4-9-21-15/h3-7,9,11H,8,10,12H2,1-2H3,(H,24,25)(H2,20,22,23). The number of benzene rings is 1. The Hall–Kier alpha value is -2.41. The smallest absolute Gasteiger partial charge is 0.226 e. The van der Waals surface area contributed by atoms with Crippen molar-refractivity contribution in [1.82, 2.24) is 15.6 Å². The predicted molar refractivity (Wildman–Crippen MR) is 105 cm³/mol. The third-order valence-corrected chi connectivity index (χ3v) is 4.00. The van der Waals surface area contributed by atoms with Crippen molar-refractivity contribution in [3.05, 3.63) is 58.3 Å². The van der Waals surface area contributed by atoms with Crippen LogP contribution in [0.4, 0.5) is 5.69 Å². The molecule has 1 aromatic heterocycles.